The summed E-state index contributed by atoms with van der Waals surface area (Å²) < 4.78 is 41.6. The molecule has 3 N–H and O–H groups in total. The van der Waals surface area contributed by atoms with Crippen LogP contribution in [0.15, 0.2) is 59.5 Å². The lowest BCUT2D eigenvalue weighted by Gasteiger charge is -2.10. The average Bonchev–Trinajstić information content (AvgIpc) is 3.23. The van der Waals surface area contributed by atoms with Crippen LogP contribution in [0.5, 0.6) is 0 Å². The number of para-hydroxylation sites is 1. The van der Waals surface area contributed by atoms with Crippen molar-refractivity contribution in [2.75, 3.05) is 10.0 Å². The molecule has 0 aliphatic rings. The molecule has 11 heteroatoms. The molecule has 0 aliphatic carbocycles. The first kappa shape index (κ1) is 20.7. The number of hydrogen-bond acceptors (Lipinski definition) is 4. The van der Waals surface area contributed by atoms with E-state index in [4.69, 9.17) is 23.2 Å². The zero-order valence-corrected chi connectivity index (χ0v) is 18.0. The van der Waals surface area contributed by atoms with Crippen molar-refractivity contribution >= 4 is 72.7 Å². The third kappa shape index (κ3) is 4.01. The van der Waals surface area contributed by atoms with Crippen molar-refractivity contribution in [3.63, 3.8) is 0 Å². The van der Waals surface area contributed by atoms with Gasteiger partial charge in [-0.15, -0.1) is 11.3 Å². The summed E-state index contributed by atoms with van der Waals surface area (Å²) in [5, 5.41) is 3.10. The molecule has 0 spiro atoms. The van der Waals surface area contributed by atoms with Gasteiger partial charge in [0.1, 0.15) is 20.7 Å². The molecule has 30 heavy (non-hydrogen) atoms. The zero-order chi connectivity index (χ0) is 21.5. The molecular weight excluding hydrogens is 472 g/mol. The van der Waals surface area contributed by atoms with Crippen molar-refractivity contribution in [2.45, 2.75) is 4.90 Å². The topological polar surface area (TPSA) is 91.1 Å². The van der Waals surface area contributed by atoms with Gasteiger partial charge in [0.25, 0.3) is 15.9 Å². The number of halogens is 3. The maximum absolute atomic E-state index is 13.1. The Kier molecular flexibility index (Phi) is 5.46. The summed E-state index contributed by atoms with van der Waals surface area (Å²) >= 11 is 12.8. The first-order chi connectivity index (χ1) is 14.2. The Labute approximate surface area is 184 Å². The normalized spacial score (nSPS) is 11.6. The highest BCUT2D eigenvalue weighted by atomic mass is 35.5. The Bertz CT molecular complexity index is 1370. The minimum Gasteiger partial charge on any atom is -0.349 e. The van der Waals surface area contributed by atoms with Crippen LogP contribution in [0.4, 0.5) is 15.8 Å². The second kappa shape index (κ2) is 7.92. The number of amides is 1. The molecule has 2 aromatic carbocycles. The molecule has 4 rings (SSSR count). The van der Waals surface area contributed by atoms with Crippen molar-refractivity contribution in [1.82, 2.24) is 4.98 Å². The van der Waals surface area contributed by atoms with E-state index in [1.54, 1.807) is 24.3 Å². The summed E-state index contributed by atoms with van der Waals surface area (Å²) in [6, 6.07) is 13.3. The SMILES string of the molecule is O=C(Nc1ccc(F)cc1)c1[nH]c2ccccc2c1NS(=O)(=O)c1cc(Cl)sc1Cl. The number of carbonyl (C=O) groups excluding carboxylic acids is 1. The summed E-state index contributed by atoms with van der Waals surface area (Å²) in [6.07, 6.45) is 0. The first-order valence-electron chi connectivity index (χ1n) is 8.40. The fraction of sp³-hybridized carbons (Fsp3) is 0. The van der Waals surface area contributed by atoms with E-state index in [0.29, 0.717) is 16.6 Å². The van der Waals surface area contributed by atoms with E-state index >= 15 is 0 Å². The molecule has 0 unspecified atom stereocenters. The molecule has 0 fully saturated rings. The van der Waals surface area contributed by atoms with E-state index in [1.807, 2.05) is 0 Å². The zero-order valence-electron chi connectivity index (χ0n) is 14.9. The molecule has 6 nitrogen and oxygen atoms in total. The molecular formula is C19H12Cl2FN3O3S2. The average molecular weight is 484 g/mol. The van der Waals surface area contributed by atoms with Crippen LogP contribution in [0, 0.1) is 5.82 Å². The largest absolute Gasteiger partial charge is 0.349 e. The van der Waals surface area contributed by atoms with E-state index in [9.17, 15) is 17.6 Å². The molecule has 0 bridgehead atoms. The number of sulfonamides is 1. The summed E-state index contributed by atoms with van der Waals surface area (Å²) in [6.45, 7) is 0. The van der Waals surface area contributed by atoms with Gasteiger partial charge in [0.05, 0.1) is 10.0 Å². The predicted molar refractivity (Wildman–Crippen MR) is 118 cm³/mol. The van der Waals surface area contributed by atoms with Gasteiger partial charge in [0, 0.05) is 16.6 Å². The van der Waals surface area contributed by atoms with Crippen LogP contribution in [0.25, 0.3) is 10.9 Å². The van der Waals surface area contributed by atoms with Gasteiger partial charge in [-0.05, 0) is 36.4 Å². The second-order valence-electron chi connectivity index (χ2n) is 6.18. The molecule has 0 radical (unpaired) electrons. The molecule has 2 heterocycles. The minimum atomic E-state index is -4.12. The lowest BCUT2D eigenvalue weighted by Crippen LogP contribution is -2.18. The number of rotatable bonds is 5. The van der Waals surface area contributed by atoms with Crippen molar-refractivity contribution in [2.24, 2.45) is 0 Å². The van der Waals surface area contributed by atoms with Gasteiger partial charge in [0.15, 0.2) is 0 Å². The highest BCUT2D eigenvalue weighted by Crippen LogP contribution is 2.37. The van der Waals surface area contributed by atoms with Crippen LogP contribution >= 0.6 is 34.5 Å². The van der Waals surface area contributed by atoms with E-state index in [-0.39, 0.29) is 24.9 Å². The van der Waals surface area contributed by atoms with Gasteiger partial charge < -0.3 is 10.3 Å². The minimum absolute atomic E-state index is 0.00431. The van der Waals surface area contributed by atoms with Gasteiger partial charge in [-0.25, -0.2) is 12.8 Å². The third-order valence-electron chi connectivity index (χ3n) is 4.19. The number of benzene rings is 2. The molecule has 2 aromatic heterocycles. The van der Waals surface area contributed by atoms with Crippen LogP contribution in [0.3, 0.4) is 0 Å². The number of aromatic amines is 1. The molecule has 0 aliphatic heterocycles. The Morgan fingerprint density at radius 3 is 2.43 bits per heavy atom. The Balaban J connectivity index is 1.76. The van der Waals surface area contributed by atoms with Gasteiger partial charge in [-0.2, -0.15) is 0 Å². The number of aromatic nitrogens is 1. The highest BCUT2D eigenvalue weighted by molar-refractivity contribution is 7.93. The molecule has 0 saturated carbocycles. The molecule has 0 saturated heterocycles. The van der Waals surface area contributed by atoms with Crippen LogP contribution < -0.4 is 10.0 Å². The fourth-order valence-corrected chi connectivity index (χ4v) is 6.09. The van der Waals surface area contributed by atoms with Crippen LogP contribution in [-0.2, 0) is 10.0 Å². The molecule has 1 amide bonds. The van der Waals surface area contributed by atoms with Crippen molar-refractivity contribution < 1.29 is 17.6 Å². The molecule has 154 valence electrons. The smallest absolute Gasteiger partial charge is 0.274 e. The highest BCUT2D eigenvalue weighted by Gasteiger charge is 2.26. The maximum atomic E-state index is 13.1. The van der Waals surface area contributed by atoms with E-state index in [0.717, 1.165) is 11.3 Å². The molecule has 0 atom stereocenters. The summed E-state index contributed by atoms with van der Waals surface area (Å²) in [5.74, 6) is -1.05. The van der Waals surface area contributed by atoms with Crippen LogP contribution in [0.2, 0.25) is 8.67 Å². The standard InChI is InChI=1S/C19H12Cl2FN3O3S2/c20-15-9-14(18(21)29-15)30(27,28)25-16-12-3-1-2-4-13(12)24-17(16)19(26)23-11-7-5-10(22)6-8-11/h1-9,24-25H,(H,23,26). The number of nitrogens with one attached hydrogen (secondary N) is 3. The van der Waals surface area contributed by atoms with Gasteiger partial charge in [0.2, 0.25) is 0 Å². The van der Waals surface area contributed by atoms with Crippen molar-refractivity contribution in [3.8, 4) is 0 Å². The molecule has 4 aromatic rings. The second-order valence-corrected chi connectivity index (χ2v) is 10.1. The monoisotopic (exact) mass is 483 g/mol. The number of anilines is 2. The number of hydrogen-bond donors (Lipinski definition) is 3. The summed E-state index contributed by atoms with van der Waals surface area (Å²) in [4.78, 5) is 15.6. The fourth-order valence-electron chi connectivity index (χ4n) is 2.84. The lowest BCUT2D eigenvalue weighted by molar-refractivity contribution is 0.102. The predicted octanol–water partition coefficient (Wildman–Crippen LogP) is 5.73. The number of fused-ring (bicyclic) bond motifs is 1. The summed E-state index contributed by atoms with van der Waals surface area (Å²) in [5.41, 5.74) is 0.945. The Morgan fingerprint density at radius 2 is 1.77 bits per heavy atom. The van der Waals surface area contributed by atoms with Crippen molar-refractivity contribution in [1.29, 1.82) is 0 Å². The quantitative estimate of drug-likeness (QED) is 0.338. The van der Waals surface area contributed by atoms with Gasteiger partial charge >= 0.3 is 0 Å². The number of carbonyl (C=O) groups is 1. The van der Waals surface area contributed by atoms with Crippen molar-refractivity contribution in [3.05, 3.63) is 74.8 Å². The first-order valence-corrected chi connectivity index (χ1v) is 11.5. The summed E-state index contributed by atoms with van der Waals surface area (Å²) in [7, 11) is -4.12. The third-order valence-corrected chi connectivity index (χ3v) is 7.29. The lowest BCUT2D eigenvalue weighted by atomic mass is 10.2. The number of H-pyrrole nitrogens is 1. The van der Waals surface area contributed by atoms with Gasteiger partial charge in [-0.3, -0.25) is 9.52 Å². The van der Waals surface area contributed by atoms with Crippen LogP contribution in [0.1, 0.15) is 10.5 Å². The van der Waals surface area contributed by atoms with E-state index in [2.05, 4.69) is 15.0 Å². The maximum Gasteiger partial charge on any atom is 0.274 e. The Morgan fingerprint density at radius 1 is 1.07 bits per heavy atom. The van der Waals surface area contributed by atoms with Gasteiger partial charge in [-0.1, -0.05) is 41.4 Å². The number of thiophene rings is 1. The van der Waals surface area contributed by atoms with E-state index < -0.39 is 21.7 Å². The van der Waals surface area contributed by atoms with E-state index in [1.165, 1.54) is 30.3 Å². The Hall–Kier alpha value is -2.59. The van der Waals surface area contributed by atoms with Crippen LogP contribution in [-0.4, -0.2) is 19.3 Å².